The number of aromatic hydroxyl groups is 1. The van der Waals surface area contributed by atoms with Crippen LogP contribution in [0.25, 0.3) is 0 Å². The van der Waals surface area contributed by atoms with Gasteiger partial charge in [-0.15, -0.1) is 0 Å². The van der Waals surface area contributed by atoms with E-state index in [1.807, 2.05) is 0 Å². The topological polar surface area (TPSA) is 138 Å². The highest BCUT2D eigenvalue weighted by molar-refractivity contribution is 5.54. The molecule has 4 saturated carbocycles. The highest BCUT2D eigenvalue weighted by Gasteiger charge is 2.54. The normalized spacial score (nSPS) is 28.4. The average molecular weight is 479 g/mol. The van der Waals surface area contributed by atoms with Gasteiger partial charge in [0, 0.05) is 19.1 Å². The highest BCUT2D eigenvalue weighted by Crippen LogP contribution is 2.59. The standard InChI is InChI=1S/C26H34N6O3/c1-34-20-7-15(8-21(35-2)23(20)33)3-4-29-25-30-13-19(12-27)24(32-25)31-14-26-9-16-5-17(10-26)22(28)18(6-16)11-26/h7-8,13,16-18,22,33H,3-6,9-11,14,28H2,1-2H3,(H2,29,30,31,32)/t16?,17-,18+,22-,26-. The molecule has 5 N–H and O–H groups in total. The van der Waals surface area contributed by atoms with Crippen molar-refractivity contribution >= 4 is 11.8 Å². The molecule has 0 saturated heterocycles. The van der Waals surface area contributed by atoms with E-state index in [1.165, 1.54) is 46.3 Å². The maximum Gasteiger partial charge on any atom is 0.224 e. The van der Waals surface area contributed by atoms with Gasteiger partial charge in [0.15, 0.2) is 11.5 Å². The third-order valence-electron chi connectivity index (χ3n) is 8.25. The monoisotopic (exact) mass is 478 g/mol. The number of aromatic nitrogens is 2. The number of benzene rings is 1. The van der Waals surface area contributed by atoms with Gasteiger partial charge in [-0.05, 0) is 79.4 Å². The lowest BCUT2D eigenvalue weighted by Crippen LogP contribution is -2.58. The summed E-state index contributed by atoms with van der Waals surface area (Å²) in [6.45, 7) is 1.39. The van der Waals surface area contributed by atoms with Gasteiger partial charge < -0.3 is 30.9 Å². The summed E-state index contributed by atoms with van der Waals surface area (Å²) in [5.41, 5.74) is 8.16. The van der Waals surface area contributed by atoms with Crippen LogP contribution < -0.4 is 25.8 Å². The smallest absolute Gasteiger partial charge is 0.224 e. The molecule has 4 fully saturated rings. The third kappa shape index (κ3) is 4.55. The Labute approximate surface area is 206 Å². The zero-order chi connectivity index (χ0) is 24.6. The first-order valence-electron chi connectivity index (χ1n) is 12.4. The molecule has 1 aromatic heterocycles. The Morgan fingerprint density at radius 2 is 1.83 bits per heavy atom. The molecule has 1 aromatic carbocycles. The number of nitrogens with zero attached hydrogens (tertiary/aromatic N) is 3. The second-order valence-electron chi connectivity index (χ2n) is 10.5. The maximum absolute atomic E-state index is 10.1. The summed E-state index contributed by atoms with van der Waals surface area (Å²) in [6.07, 6.45) is 8.37. The summed E-state index contributed by atoms with van der Waals surface area (Å²) in [5.74, 6) is 3.84. The lowest BCUT2D eigenvalue weighted by atomic mass is 9.48. The Kier molecular flexibility index (Phi) is 6.32. The van der Waals surface area contributed by atoms with Gasteiger partial charge in [-0.3, -0.25) is 0 Å². The molecule has 1 heterocycles. The van der Waals surface area contributed by atoms with Gasteiger partial charge in [-0.1, -0.05) is 0 Å². The lowest BCUT2D eigenvalue weighted by Gasteiger charge is -2.59. The SMILES string of the molecule is COc1cc(CCNc2ncc(C#N)c(NC[C@]34CC5C[C@H](C3)[C@@H](N)[C@@H](C5)C4)n2)cc(OC)c1O. The van der Waals surface area contributed by atoms with Crippen LogP contribution >= 0.6 is 0 Å². The number of phenols is 1. The molecule has 0 spiro atoms. The molecule has 0 radical (unpaired) electrons. The van der Waals surface area contributed by atoms with Crippen LogP contribution in [0.3, 0.4) is 0 Å². The summed E-state index contributed by atoms with van der Waals surface area (Å²) in [5, 5.41) is 26.4. The van der Waals surface area contributed by atoms with E-state index in [1.54, 1.807) is 18.3 Å². The summed E-state index contributed by atoms with van der Waals surface area (Å²) in [7, 11) is 3.01. The van der Waals surface area contributed by atoms with Crippen LogP contribution in [0.1, 0.15) is 43.2 Å². The number of ether oxygens (including phenoxy) is 2. The van der Waals surface area contributed by atoms with E-state index in [2.05, 4.69) is 26.7 Å². The Morgan fingerprint density at radius 3 is 2.46 bits per heavy atom. The highest BCUT2D eigenvalue weighted by atomic mass is 16.5. The molecular formula is C26H34N6O3. The van der Waals surface area contributed by atoms with Gasteiger partial charge in [0.05, 0.1) is 20.4 Å². The molecule has 186 valence electrons. The van der Waals surface area contributed by atoms with Crippen molar-refractivity contribution in [1.29, 1.82) is 5.26 Å². The number of hydrogen-bond acceptors (Lipinski definition) is 9. The van der Waals surface area contributed by atoms with Crippen molar-refractivity contribution in [3.05, 3.63) is 29.5 Å². The molecule has 1 unspecified atom stereocenters. The quantitative estimate of drug-likeness (QED) is 0.427. The molecule has 4 aliphatic rings. The number of methoxy groups -OCH3 is 2. The van der Waals surface area contributed by atoms with Crippen LogP contribution in [0.5, 0.6) is 17.2 Å². The second-order valence-corrected chi connectivity index (χ2v) is 10.5. The number of phenolic OH excluding ortho intramolecular Hbond substituents is 1. The number of rotatable bonds is 9. The van der Waals surface area contributed by atoms with Crippen LogP contribution in [0, 0.1) is 34.5 Å². The van der Waals surface area contributed by atoms with Crippen molar-refractivity contribution in [2.24, 2.45) is 28.9 Å². The average Bonchev–Trinajstić information content (AvgIpc) is 2.86. The number of anilines is 2. The van der Waals surface area contributed by atoms with Gasteiger partial charge in [0.1, 0.15) is 17.5 Å². The van der Waals surface area contributed by atoms with Gasteiger partial charge in [-0.2, -0.15) is 10.2 Å². The minimum Gasteiger partial charge on any atom is -0.502 e. The third-order valence-corrected chi connectivity index (χ3v) is 8.25. The van der Waals surface area contributed by atoms with Gasteiger partial charge in [-0.25, -0.2) is 4.98 Å². The molecule has 5 atom stereocenters. The lowest BCUT2D eigenvalue weighted by molar-refractivity contribution is -0.0591. The fourth-order valence-corrected chi connectivity index (χ4v) is 6.81. The predicted octanol–water partition coefficient (Wildman–Crippen LogP) is 3.29. The van der Waals surface area contributed by atoms with Crippen molar-refractivity contribution in [2.45, 2.75) is 44.6 Å². The molecule has 6 rings (SSSR count). The molecule has 4 bridgehead atoms. The Bertz CT molecular complexity index is 1090. The van der Waals surface area contributed by atoms with Crippen molar-refractivity contribution in [1.82, 2.24) is 9.97 Å². The Morgan fingerprint density at radius 1 is 1.14 bits per heavy atom. The van der Waals surface area contributed by atoms with Crippen LogP contribution in [0.2, 0.25) is 0 Å². The van der Waals surface area contributed by atoms with Crippen LogP contribution in [0.15, 0.2) is 18.3 Å². The minimum absolute atomic E-state index is 0.0149. The van der Waals surface area contributed by atoms with E-state index in [4.69, 9.17) is 15.2 Å². The van der Waals surface area contributed by atoms with E-state index >= 15 is 0 Å². The van der Waals surface area contributed by atoms with Gasteiger partial charge in [0.2, 0.25) is 11.7 Å². The van der Waals surface area contributed by atoms with Crippen molar-refractivity contribution in [2.75, 3.05) is 37.9 Å². The van der Waals surface area contributed by atoms with E-state index in [9.17, 15) is 10.4 Å². The number of nitrogens with two attached hydrogens (primary N) is 1. The molecule has 4 aliphatic carbocycles. The Balaban J connectivity index is 1.23. The summed E-state index contributed by atoms with van der Waals surface area (Å²) in [6, 6.07) is 6.14. The number of hydrogen-bond donors (Lipinski definition) is 4. The second kappa shape index (κ2) is 9.42. The molecule has 9 nitrogen and oxygen atoms in total. The van der Waals surface area contributed by atoms with Crippen molar-refractivity contribution in [3.8, 4) is 23.3 Å². The zero-order valence-electron chi connectivity index (χ0n) is 20.4. The molecule has 0 amide bonds. The van der Waals surface area contributed by atoms with Crippen molar-refractivity contribution < 1.29 is 14.6 Å². The first-order valence-corrected chi connectivity index (χ1v) is 12.4. The van der Waals surface area contributed by atoms with Crippen LogP contribution in [0.4, 0.5) is 11.8 Å². The Hall–Kier alpha value is -3.25. The first kappa shape index (κ1) is 23.5. The number of nitrogens with one attached hydrogen (secondary N) is 2. The zero-order valence-corrected chi connectivity index (χ0v) is 20.4. The van der Waals surface area contributed by atoms with Gasteiger partial charge >= 0.3 is 0 Å². The van der Waals surface area contributed by atoms with E-state index in [0.29, 0.717) is 59.7 Å². The van der Waals surface area contributed by atoms with E-state index < -0.39 is 0 Å². The van der Waals surface area contributed by atoms with E-state index in [-0.39, 0.29) is 11.2 Å². The molecule has 9 heteroatoms. The summed E-state index contributed by atoms with van der Waals surface area (Å²) >= 11 is 0. The maximum atomic E-state index is 10.1. The number of nitriles is 1. The molecule has 0 aliphatic heterocycles. The molecule has 2 aromatic rings. The van der Waals surface area contributed by atoms with Crippen LogP contribution in [-0.2, 0) is 6.42 Å². The predicted molar refractivity (Wildman–Crippen MR) is 133 cm³/mol. The summed E-state index contributed by atoms with van der Waals surface area (Å²) in [4.78, 5) is 8.94. The van der Waals surface area contributed by atoms with Crippen molar-refractivity contribution in [3.63, 3.8) is 0 Å². The summed E-state index contributed by atoms with van der Waals surface area (Å²) < 4.78 is 10.5. The fraction of sp³-hybridized carbons (Fsp3) is 0.577. The van der Waals surface area contributed by atoms with Gasteiger partial charge in [0.25, 0.3) is 0 Å². The minimum atomic E-state index is -0.0149. The first-order chi connectivity index (χ1) is 16.9. The van der Waals surface area contributed by atoms with E-state index in [0.717, 1.165) is 18.0 Å². The molecular weight excluding hydrogens is 444 g/mol. The fourth-order valence-electron chi connectivity index (χ4n) is 6.81. The van der Waals surface area contributed by atoms with Crippen LogP contribution in [-0.4, -0.2) is 48.4 Å². The largest absolute Gasteiger partial charge is 0.502 e. The molecule has 35 heavy (non-hydrogen) atoms.